The fraction of sp³-hybridized carbons (Fsp3) is 0.350. The Kier molecular flexibility index (Phi) is 5.79. The van der Waals surface area contributed by atoms with Crippen LogP contribution in [0.4, 0.5) is 11.4 Å². The zero-order valence-electron chi connectivity index (χ0n) is 16.0. The molecule has 2 aromatic rings. The summed E-state index contributed by atoms with van der Waals surface area (Å²) in [6, 6.07) is 12.6. The first-order valence-corrected chi connectivity index (χ1v) is 12.2. The molecule has 2 heterocycles. The molecule has 2 aliphatic heterocycles. The van der Waals surface area contributed by atoms with Gasteiger partial charge in [0.1, 0.15) is 0 Å². The lowest BCUT2D eigenvalue weighted by atomic mass is 10.2. The highest BCUT2D eigenvalue weighted by Crippen LogP contribution is 2.35. The molecule has 9 heteroatoms. The summed E-state index contributed by atoms with van der Waals surface area (Å²) in [7, 11) is -3.63. The maximum absolute atomic E-state index is 13.2. The normalized spacial score (nSPS) is 20.7. The molecule has 0 aromatic heterocycles. The molecule has 2 aromatic carbocycles. The van der Waals surface area contributed by atoms with E-state index in [-0.39, 0.29) is 16.7 Å². The van der Waals surface area contributed by atoms with Crippen LogP contribution in [0.1, 0.15) is 6.92 Å². The number of benzene rings is 2. The predicted octanol–water partition coefficient (Wildman–Crippen LogP) is 3.53. The number of amides is 1. The summed E-state index contributed by atoms with van der Waals surface area (Å²) in [6.45, 7) is 3.84. The second-order valence-corrected chi connectivity index (χ2v) is 10.7. The van der Waals surface area contributed by atoms with E-state index in [0.29, 0.717) is 42.6 Å². The fourth-order valence-corrected chi connectivity index (χ4v) is 6.09. The van der Waals surface area contributed by atoms with Crippen molar-refractivity contribution in [3.8, 4) is 0 Å². The van der Waals surface area contributed by atoms with Crippen LogP contribution in [0.15, 0.2) is 52.3 Å². The number of carbonyl (C=O) groups excluding carboxylic acids is 1. The first kappa shape index (κ1) is 20.5. The van der Waals surface area contributed by atoms with Gasteiger partial charge in [0, 0.05) is 53.5 Å². The van der Waals surface area contributed by atoms with Gasteiger partial charge in [-0.05, 0) is 36.4 Å². The van der Waals surface area contributed by atoms with Crippen LogP contribution in [0, 0.1) is 5.92 Å². The van der Waals surface area contributed by atoms with Gasteiger partial charge in [-0.25, -0.2) is 8.42 Å². The molecule has 1 atom stereocenters. The summed E-state index contributed by atoms with van der Waals surface area (Å²) in [4.78, 5) is 15.4. The van der Waals surface area contributed by atoms with Crippen LogP contribution in [0.25, 0.3) is 0 Å². The number of hydrogen-bond donors (Lipinski definition) is 1. The molecule has 0 spiro atoms. The first-order chi connectivity index (χ1) is 13.8. The van der Waals surface area contributed by atoms with Crippen molar-refractivity contribution in [2.45, 2.75) is 16.7 Å². The summed E-state index contributed by atoms with van der Waals surface area (Å²) in [5.74, 6) is 0.476. The zero-order chi connectivity index (χ0) is 20.6. The highest BCUT2D eigenvalue weighted by Gasteiger charge is 2.30. The molecular weight excluding hydrogens is 430 g/mol. The topological polar surface area (TPSA) is 69.7 Å². The maximum Gasteiger partial charge on any atom is 0.243 e. The first-order valence-electron chi connectivity index (χ1n) is 9.43. The van der Waals surface area contributed by atoms with Gasteiger partial charge in [0.15, 0.2) is 0 Å². The van der Waals surface area contributed by atoms with Crippen molar-refractivity contribution < 1.29 is 13.2 Å². The Morgan fingerprint density at radius 2 is 1.86 bits per heavy atom. The van der Waals surface area contributed by atoms with Gasteiger partial charge in [-0.2, -0.15) is 4.31 Å². The monoisotopic (exact) mass is 451 g/mol. The van der Waals surface area contributed by atoms with E-state index < -0.39 is 10.0 Å². The summed E-state index contributed by atoms with van der Waals surface area (Å²) < 4.78 is 27.8. The molecule has 1 N–H and O–H groups in total. The van der Waals surface area contributed by atoms with Gasteiger partial charge in [-0.1, -0.05) is 24.6 Å². The molecule has 1 fully saturated rings. The van der Waals surface area contributed by atoms with Crippen molar-refractivity contribution in [2.75, 3.05) is 42.1 Å². The van der Waals surface area contributed by atoms with Gasteiger partial charge in [0.2, 0.25) is 15.9 Å². The minimum absolute atomic E-state index is 0.0825. The van der Waals surface area contributed by atoms with Crippen LogP contribution >= 0.6 is 23.4 Å². The Bertz CT molecular complexity index is 1040. The molecule has 0 bridgehead atoms. The van der Waals surface area contributed by atoms with Gasteiger partial charge in [-0.3, -0.25) is 4.79 Å². The Morgan fingerprint density at radius 1 is 1.10 bits per heavy atom. The number of hydrogen-bond acceptors (Lipinski definition) is 5. The van der Waals surface area contributed by atoms with Crippen molar-refractivity contribution in [3.05, 3.63) is 47.5 Å². The molecule has 4 rings (SSSR count). The van der Waals surface area contributed by atoms with Gasteiger partial charge >= 0.3 is 0 Å². The van der Waals surface area contributed by atoms with Gasteiger partial charge in [-0.15, -0.1) is 11.8 Å². The Hall–Kier alpha value is -1.74. The number of nitrogens with one attached hydrogen (secondary N) is 1. The maximum atomic E-state index is 13.2. The van der Waals surface area contributed by atoms with E-state index in [1.165, 1.54) is 4.31 Å². The Balaban J connectivity index is 1.51. The van der Waals surface area contributed by atoms with Crippen LogP contribution in [0.3, 0.4) is 0 Å². The number of thioether (sulfide) groups is 1. The predicted molar refractivity (Wildman–Crippen MR) is 117 cm³/mol. The van der Waals surface area contributed by atoms with Crippen LogP contribution in [0.5, 0.6) is 0 Å². The number of halogens is 1. The number of fused-ring (bicyclic) bond motifs is 1. The zero-order valence-corrected chi connectivity index (χ0v) is 18.4. The van der Waals surface area contributed by atoms with Gasteiger partial charge in [0.05, 0.1) is 10.6 Å². The number of rotatable bonds is 3. The van der Waals surface area contributed by atoms with Crippen LogP contribution < -0.4 is 10.2 Å². The molecule has 6 nitrogen and oxygen atoms in total. The highest BCUT2D eigenvalue weighted by molar-refractivity contribution is 7.99. The van der Waals surface area contributed by atoms with E-state index >= 15 is 0 Å². The van der Waals surface area contributed by atoms with Crippen molar-refractivity contribution in [1.29, 1.82) is 0 Å². The molecule has 0 aliphatic carbocycles. The number of piperazine rings is 1. The number of carbonyl (C=O) groups is 1. The van der Waals surface area contributed by atoms with Gasteiger partial charge < -0.3 is 10.2 Å². The van der Waals surface area contributed by atoms with E-state index in [1.807, 2.05) is 31.2 Å². The SMILES string of the molecule is C[C@H]1CSc2ccc(S(=O)(=O)N3CCN(c4cccc(Cl)c4)CC3)cc2NC1=O. The summed E-state index contributed by atoms with van der Waals surface area (Å²) >= 11 is 7.64. The third kappa shape index (κ3) is 4.26. The minimum atomic E-state index is -3.63. The quantitative estimate of drug-likeness (QED) is 0.773. The van der Waals surface area contributed by atoms with Crippen molar-refractivity contribution in [1.82, 2.24) is 4.31 Å². The molecule has 0 unspecified atom stereocenters. The second kappa shape index (κ2) is 8.18. The number of anilines is 2. The lowest BCUT2D eigenvalue weighted by Crippen LogP contribution is -2.48. The molecule has 29 heavy (non-hydrogen) atoms. The molecule has 154 valence electrons. The Labute approximate surface area is 180 Å². The third-order valence-corrected chi connectivity index (χ3v) is 8.66. The third-order valence-electron chi connectivity index (χ3n) is 5.20. The van der Waals surface area contributed by atoms with Crippen LogP contribution in [-0.2, 0) is 14.8 Å². The number of nitrogens with zero attached hydrogens (tertiary/aromatic N) is 2. The molecule has 0 saturated carbocycles. The smallest absolute Gasteiger partial charge is 0.243 e. The van der Waals surface area contributed by atoms with Crippen molar-refractivity contribution in [2.24, 2.45) is 5.92 Å². The lowest BCUT2D eigenvalue weighted by molar-refractivity contribution is -0.118. The minimum Gasteiger partial charge on any atom is -0.369 e. The van der Waals surface area contributed by atoms with E-state index in [4.69, 9.17) is 11.6 Å². The van der Waals surface area contributed by atoms with E-state index in [2.05, 4.69) is 10.2 Å². The van der Waals surface area contributed by atoms with Crippen LogP contribution in [0.2, 0.25) is 5.02 Å². The molecule has 1 amide bonds. The standard InChI is InChI=1S/C20H22ClN3O3S2/c1-14-13-28-19-6-5-17(12-18(19)22-20(14)25)29(26,27)24-9-7-23(8-10-24)16-4-2-3-15(21)11-16/h2-6,11-12,14H,7-10,13H2,1H3,(H,22,25)/t14-/m0/s1. The Morgan fingerprint density at radius 3 is 2.59 bits per heavy atom. The van der Waals surface area contributed by atoms with E-state index in [0.717, 1.165) is 10.6 Å². The highest BCUT2D eigenvalue weighted by atomic mass is 35.5. The average Bonchev–Trinajstić information content (AvgIpc) is 2.86. The second-order valence-electron chi connectivity index (χ2n) is 7.23. The van der Waals surface area contributed by atoms with E-state index in [1.54, 1.807) is 30.0 Å². The summed E-state index contributed by atoms with van der Waals surface area (Å²) in [5, 5.41) is 3.52. The average molecular weight is 452 g/mol. The van der Waals surface area contributed by atoms with Crippen molar-refractivity contribution >= 4 is 50.7 Å². The molecule has 1 saturated heterocycles. The molecule has 0 radical (unpaired) electrons. The van der Waals surface area contributed by atoms with Crippen molar-refractivity contribution in [3.63, 3.8) is 0 Å². The van der Waals surface area contributed by atoms with Gasteiger partial charge in [0.25, 0.3) is 0 Å². The summed E-state index contributed by atoms with van der Waals surface area (Å²) in [5.41, 5.74) is 1.57. The largest absolute Gasteiger partial charge is 0.369 e. The molecular formula is C20H22ClN3O3S2. The fourth-order valence-electron chi connectivity index (χ4n) is 3.45. The number of sulfonamides is 1. The summed E-state index contributed by atoms with van der Waals surface area (Å²) in [6.07, 6.45) is 0. The van der Waals surface area contributed by atoms with Crippen LogP contribution in [-0.4, -0.2) is 50.6 Å². The molecule has 2 aliphatic rings. The lowest BCUT2D eigenvalue weighted by Gasteiger charge is -2.35. The van der Waals surface area contributed by atoms with E-state index in [9.17, 15) is 13.2 Å².